The van der Waals surface area contributed by atoms with Crippen molar-refractivity contribution in [3.05, 3.63) is 62.6 Å². The first-order chi connectivity index (χ1) is 20.6. The van der Waals surface area contributed by atoms with Crippen molar-refractivity contribution >= 4 is 23.1 Å². The van der Waals surface area contributed by atoms with Gasteiger partial charge < -0.3 is 35.4 Å². The number of ketones is 4. The molecule has 0 heterocycles. The lowest BCUT2D eigenvalue weighted by Gasteiger charge is -2.31. The van der Waals surface area contributed by atoms with E-state index in [9.17, 15) is 49.8 Å². The van der Waals surface area contributed by atoms with Crippen LogP contribution >= 0.6 is 0 Å². The Morgan fingerprint density at radius 3 is 1.89 bits per heavy atom. The second kappa shape index (κ2) is 12.8. The molecule has 0 saturated carbocycles. The van der Waals surface area contributed by atoms with Crippen LogP contribution in [0.5, 0.6) is 28.7 Å². The molecule has 0 bridgehead atoms. The molecule has 0 aliphatic heterocycles. The lowest BCUT2D eigenvalue weighted by atomic mass is 9.73. The summed E-state index contributed by atoms with van der Waals surface area (Å²) in [7, 11) is 1.31. The number of aliphatic hydroxyl groups excluding tert-OH is 2. The number of hydrogen-bond donors (Lipinski definition) is 6. The molecule has 44 heavy (non-hydrogen) atoms. The Balaban J connectivity index is 2.36. The number of ether oxygens (including phenoxy) is 1. The predicted molar refractivity (Wildman–Crippen MR) is 160 cm³/mol. The second-order valence-electron chi connectivity index (χ2n) is 11.1. The van der Waals surface area contributed by atoms with Gasteiger partial charge in [-0.05, 0) is 31.9 Å². The van der Waals surface area contributed by atoms with Gasteiger partial charge in [0.2, 0.25) is 0 Å². The van der Waals surface area contributed by atoms with E-state index in [4.69, 9.17) is 4.74 Å². The number of aliphatic hydroxyl groups is 2. The molecular formula is C33H38O11. The lowest BCUT2D eigenvalue weighted by molar-refractivity contribution is -0.127. The molecule has 2 aromatic carbocycles. The smallest absolute Gasteiger partial charge is 0.183 e. The molecule has 3 rings (SSSR count). The van der Waals surface area contributed by atoms with E-state index >= 15 is 0 Å². The van der Waals surface area contributed by atoms with E-state index in [1.807, 2.05) is 0 Å². The Morgan fingerprint density at radius 2 is 1.36 bits per heavy atom. The van der Waals surface area contributed by atoms with Gasteiger partial charge in [-0.15, -0.1) is 0 Å². The van der Waals surface area contributed by atoms with Crippen molar-refractivity contribution in [1.82, 2.24) is 0 Å². The Morgan fingerprint density at radius 1 is 0.795 bits per heavy atom. The monoisotopic (exact) mass is 610 g/mol. The Hall–Kier alpha value is -4.80. The fourth-order valence-corrected chi connectivity index (χ4v) is 5.27. The predicted octanol–water partition coefficient (Wildman–Crippen LogP) is 5.44. The SMILES string of the molecule is CCCC(=O)c1c(O)c(CC2=C(O)C(C)(C)C(=O)C(C(=O)CC)=C2O)c(O)c(Cc2cc(C(=O)CC)c(O)cc2OC)c1O. The van der Waals surface area contributed by atoms with Gasteiger partial charge in [0.1, 0.15) is 51.4 Å². The van der Waals surface area contributed by atoms with Crippen LogP contribution in [0.4, 0.5) is 0 Å². The van der Waals surface area contributed by atoms with Crippen molar-refractivity contribution < 1.29 is 54.6 Å². The van der Waals surface area contributed by atoms with E-state index in [1.165, 1.54) is 40.0 Å². The highest BCUT2D eigenvalue weighted by Gasteiger charge is 2.45. The van der Waals surface area contributed by atoms with E-state index in [0.717, 1.165) is 0 Å². The maximum Gasteiger partial charge on any atom is 0.183 e. The van der Waals surface area contributed by atoms with Crippen LogP contribution in [0.1, 0.15) is 97.7 Å². The molecule has 1 aliphatic rings. The molecule has 236 valence electrons. The van der Waals surface area contributed by atoms with E-state index in [0.29, 0.717) is 6.42 Å². The van der Waals surface area contributed by atoms with Gasteiger partial charge in [-0.25, -0.2) is 0 Å². The third-order valence-electron chi connectivity index (χ3n) is 7.91. The normalized spacial score (nSPS) is 14.6. The van der Waals surface area contributed by atoms with Crippen LogP contribution in [0.2, 0.25) is 0 Å². The van der Waals surface area contributed by atoms with Gasteiger partial charge >= 0.3 is 0 Å². The molecule has 0 radical (unpaired) electrons. The molecule has 1 aliphatic carbocycles. The lowest BCUT2D eigenvalue weighted by Crippen LogP contribution is -2.36. The van der Waals surface area contributed by atoms with E-state index < -0.39 is 69.1 Å². The van der Waals surface area contributed by atoms with Crippen LogP contribution in [0.15, 0.2) is 34.8 Å². The molecule has 2 aromatic rings. The van der Waals surface area contributed by atoms with Gasteiger partial charge in [0.25, 0.3) is 0 Å². The van der Waals surface area contributed by atoms with Gasteiger partial charge in [-0.1, -0.05) is 20.8 Å². The van der Waals surface area contributed by atoms with Crippen LogP contribution in [0, 0.1) is 5.41 Å². The number of hydrogen-bond acceptors (Lipinski definition) is 11. The van der Waals surface area contributed by atoms with E-state index in [-0.39, 0.29) is 70.8 Å². The van der Waals surface area contributed by atoms with Crippen LogP contribution in [-0.4, -0.2) is 60.9 Å². The number of benzene rings is 2. The minimum atomic E-state index is -1.64. The maximum atomic E-state index is 13.1. The van der Waals surface area contributed by atoms with Crippen molar-refractivity contribution in [2.24, 2.45) is 5.41 Å². The number of phenols is 4. The molecule has 0 aromatic heterocycles. The number of rotatable bonds is 12. The van der Waals surface area contributed by atoms with Crippen LogP contribution < -0.4 is 4.74 Å². The number of Topliss-reactive ketones (excluding diaryl/α,β-unsaturated/α-hetero) is 4. The first-order valence-electron chi connectivity index (χ1n) is 14.3. The summed E-state index contributed by atoms with van der Waals surface area (Å²) >= 11 is 0. The Labute approximate surface area is 254 Å². The maximum absolute atomic E-state index is 13.1. The average molecular weight is 611 g/mol. The highest BCUT2D eigenvalue weighted by atomic mass is 16.5. The topological polar surface area (TPSA) is 199 Å². The summed E-state index contributed by atoms with van der Waals surface area (Å²) in [4.78, 5) is 51.3. The summed E-state index contributed by atoms with van der Waals surface area (Å²) in [5, 5.41) is 66.5. The molecule has 0 unspecified atom stereocenters. The van der Waals surface area contributed by atoms with Gasteiger partial charge in [0, 0.05) is 54.9 Å². The standard InChI is InChI=1S/C33H38O11/c1-7-10-22(36)25-28(39)17(12-15-11-16(20(34)8-2)23(37)14-24(15)44-6)27(38)18(29(25)40)13-19-30(41)26(21(35)9-3)32(43)33(4,5)31(19)42/h11,14,37-42H,7-10,12-13H2,1-6H3. The third kappa shape index (κ3) is 5.73. The minimum absolute atomic E-state index is 0.0315. The number of carbonyl (C=O) groups excluding carboxylic acids is 4. The van der Waals surface area contributed by atoms with Gasteiger partial charge in [0.15, 0.2) is 23.1 Å². The zero-order valence-corrected chi connectivity index (χ0v) is 25.6. The summed E-state index contributed by atoms with van der Waals surface area (Å²) in [6.45, 7) is 7.51. The largest absolute Gasteiger partial charge is 0.511 e. The molecular weight excluding hydrogens is 572 g/mol. The van der Waals surface area contributed by atoms with Crippen LogP contribution in [0.3, 0.4) is 0 Å². The summed E-state index contributed by atoms with van der Waals surface area (Å²) in [6.07, 6.45) is -0.767. The molecule has 0 amide bonds. The first kappa shape index (κ1) is 33.7. The highest BCUT2D eigenvalue weighted by molar-refractivity contribution is 6.24. The molecule has 0 saturated heterocycles. The summed E-state index contributed by atoms with van der Waals surface area (Å²) in [5.74, 6) is -6.47. The number of allylic oxidation sites excluding steroid dienone is 3. The van der Waals surface area contributed by atoms with Crippen LogP contribution in [-0.2, 0) is 22.4 Å². The number of carbonyl (C=O) groups is 4. The molecule has 0 atom stereocenters. The molecule has 11 heteroatoms. The van der Waals surface area contributed by atoms with Crippen molar-refractivity contribution in [2.75, 3.05) is 7.11 Å². The summed E-state index contributed by atoms with van der Waals surface area (Å²) < 4.78 is 5.35. The molecule has 0 fully saturated rings. The Kier molecular flexibility index (Phi) is 9.82. The molecule has 6 N–H and O–H groups in total. The van der Waals surface area contributed by atoms with Gasteiger partial charge in [0.05, 0.1) is 18.1 Å². The van der Waals surface area contributed by atoms with Crippen molar-refractivity contribution in [1.29, 1.82) is 0 Å². The van der Waals surface area contributed by atoms with E-state index in [2.05, 4.69) is 0 Å². The fourth-order valence-electron chi connectivity index (χ4n) is 5.27. The fraction of sp³-hybridized carbons (Fsp3) is 0.394. The number of phenolic OH excluding ortho intramolecular Hbond substituents is 4. The highest BCUT2D eigenvalue weighted by Crippen LogP contribution is 2.48. The first-order valence-corrected chi connectivity index (χ1v) is 14.3. The third-order valence-corrected chi connectivity index (χ3v) is 7.91. The summed E-state index contributed by atoms with van der Waals surface area (Å²) in [6, 6.07) is 2.54. The van der Waals surface area contributed by atoms with E-state index in [1.54, 1.807) is 13.8 Å². The van der Waals surface area contributed by atoms with Crippen molar-refractivity contribution in [3.63, 3.8) is 0 Å². The minimum Gasteiger partial charge on any atom is -0.511 e. The zero-order valence-electron chi connectivity index (χ0n) is 25.6. The zero-order chi connectivity index (χ0) is 33.3. The summed E-state index contributed by atoms with van der Waals surface area (Å²) in [5.41, 5.74) is -3.45. The molecule has 0 spiro atoms. The Bertz CT molecular complexity index is 1620. The van der Waals surface area contributed by atoms with Gasteiger partial charge in [-0.2, -0.15) is 0 Å². The number of methoxy groups -OCH3 is 1. The number of aromatic hydroxyl groups is 4. The average Bonchev–Trinajstić information content (AvgIpc) is 2.98. The molecule has 11 nitrogen and oxygen atoms in total. The van der Waals surface area contributed by atoms with Crippen molar-refractivity contribution in [3.8, 4) is 28.7 Å². The van der Waals surface area contributed by atoms with Crippen LogP contribution in [0.25, 0.3) is 0 Å². The van der Waals surface area contributed by atoms with Gasteiger partial charge in [-0.3, -0.25) is 19.2 Å². The quantitative estimate of drug-likeness (QED) is 0.132. The second-order valence-corrected chi connectivity index (χ2v) is 11.1. The van der Waals surface area contributed by atoms with Crippen molar-refractivity contribution in [2.45, 2.75) is 73.1 Å².